The second-order valence-corrected chi connectivity index (χ2v) is 7.57. The second kappa shape index (κ2) is 8.27. The molecule has 0 aliphatic heterocycles. The Morgan fingerprint density at radius 3 is 2.70 bits per heavy atom. The highest BCUT2D eigenvalue weighted by atomic mass is 32.2. The maximum Gasteiger partial charge on any atom is 0.150 e. The fraction of sp³-hybridized carbons (Fsp3) is 0.600. The van der Waals surface area contributed by atoms with Crippen molar-refractivity contribution in [2.45, 2.75) is 39.2 Å². The minimum atomic E-state index is -2.87. The van der Waals surface area contributed by atoms with E-state index in [2.05, 4.69) is 0 Å². The van der Waals surface area contributed by atoms with Crippen LogP contribution in [0.5, 0.6) is 5.75 Å². The summed E-state index contributed by atoms with van der Waals surface area (Å²) >= 11 is 0. The molecule has 20 heavy (non-hydrogen) atoms. The third-order valence-electron chi connectivity index (χ3n) is 3.22. The molecule has 0 aliphatic rings. The van der Waals surface area contributed by atoms with Gasteiger partial charge in [-0.15, -0.1) is 0 Å². The van der Waals surface area contributed by atoms with Crippen LogP contribution in [0, 0.1) is 6.92 Å². The lowest BCUT2D eigenvalue weighted by molar-refractivity contribution is 0.294. The van der Waals surface area contributed by atoms with E-state index in [9.17, 15) is 8.42 Å². The maximum atomic E-state index is 11.3. The van der Waals surface area contributed by atoms with E-state index in [4.69, 9.17) is 10.5 Å². The molecule has 0 saturated carbocycles. The van der Waals surface area contributed by atoms with Crippen LogP contribution in [0.25, 0.3) is 0 Å². The number of hydrogen-bond acceptors (Lipinski definition) is 4. The number of aryl methyl sites for hydroxylation is 1. The summed E-state index contributed by atoms with van der Waals surface area (Å²) < 4.78 is 28.3. The summed E-state index contributed by atoms with van der Waals surface area (Å²) in [6.45, 7) is 4.25. The van der Waals surface area contributed by atoms with Crippen molar-refractivity contribution in [2.24, 2.45) is 5.73 Å². The first-order valence-electron chi connectivity index (χ1n) is 7.08. The monoisotopic (exact) mass is 299 g/mol. The minimum absolute atomic E-state index is 0.00753. The normalized spacial score (nSPS) is 13.2. The number of benzene rings is 1. The summed E-state index contributed by atoms with van der Waals surface area (Å²) in [5, 5.41) is 0. The van der Waals surface area contributed by atoms with E-state index >= 15 is 0 Å². The van der Waals surface area contributed by atoms with Gasteiger partial charge in [0, 0.05) is 11.8 Å². The Labute approximate surface area is 122 Å². The van der Waals surface area contributed by atoms with Crippen molar-refractivity contribution >= 4 is 9.84 Å². The molecule has 0 amide bonds. The van der Waals surface area contributed by atoms with E-state index in [0.29, 0.717) is 13.0 Å². The quantitative estimate of drug-likeness (QED) is 0.759. The SMILES string of the molecule is CCS(=O)(=O)CCCC(N)CCOc1cccc(C)c1. The molecule has 0 saturated heterocycles. The Morgan fingerprint density at radius 2 is 2.05 bits per heavy atom. The molecule has 1 atom stereocenters. The predicted octanol–water partition coefficient (Wildman–Crippen LogP) is 2.31. The third-order valence-corrected chi connectivity index (χ3v) is 5.01. The van der Waals surface area contributed by atoms with Crippen LogP contribution in [0.3, 0.4) is 0 Å². The number of ether oxygens (including phenoxy) is 1. The van der Waals surface area contributed by atoms with E-state index in [1.54, 1.807) is 6.92 Å². The molecule has 0 aliphatic carbocycles. The summed E-state index contributed by atoms with van der Waals surface area (Å²) in [5.74, 6) is 1.29. The highest BCUT2D eigenvalue weighted by Crippen LogP contribution is 2.13. The van der Waals surface area contributed by atoms with Gasteiger partial charge < -0.3 is 10.5 Å². The number of sulfone groups is 1. The van der Waals surface area contributed by atoms with Gasteiger partial charge >= 0.3 is 0 Å². The van der Waals surface area contributed by atoms with Crippen molar-refractivity contribution in [1.29, 1.82) is 0 Å². The summed E-state index contributed by atoms with van der Waals surface area (Å²) in [7, 11) is -2.87. The summed E-state index contributed by atoms with van der Waals surface area (Å²) in [4.78, 5) is 0. The maximum absolute atomic E-state index is 11.3. The average molecular weight is 299 g/mol. The van der Waals surface area contributed by atoms with Crippen molar-refractivity contribution in [3.8, 4) is 5.75 Å². The number of nitrogens with two attached hydrogens (primary N) is 1. The van der Waals surface area contributed by atoms with Gasteiger partial charge in [-0.1, -0.05) is 19.1 Å². The summed E-state index contributed by atoms with van der Waals surface area (Å²) in [5.41, 5.74) is 7.13. The lowest BCUT2D eigenvalue weighted by Gasteiger charge is -2.12. The third kappa shape index (κ3) is 6.91. The van der Waals surface area contributed by atoms with Crippen LogP contribution in [0.4, 0.5) is 0 Å². The smallest absolute Gasteiger partial charge is 0.150 e. The zero-order chi connectivity index (χ0) is 15.0. The van der Waals surface area contributed by atoms with Gasteiger partial charge in [0.15, 0.2) is 0 Å². The molecule has 0 aromatic heterocycles. The van der Waals surface area contributed by atoms with Gasteiger partial charge in [-0.3, -0.25) is 0 Å². The molecule has 0 fully saturated rings. The fourth-order valence-corrected chi connectivity index (χ4v) is 2.78. The van der Waals surface area contributed by atoms with Crippen LogP contribution >= 0.6 is 0 Å². The van der Waals surface area contributed by atoms with Crippen molar-refractivity contribution < 1.29 is 13.2 Å². The average Bonchev–Trinajstić information content (AvgIpc) is 2.38. The Hall–Kier alpha value is -1.07. The van der Waals surface area contributed by atoms with Crippen molar-refractivity contribution in [1.82, 2.24) is 0 Å². The molecule has 1 unspecified atom stereocenters. The molecular weight excluding hydrogens is 274 g/mol. The Balaban J connectivity index is 2.19. The first kappa shape index (κ1) is 17.0. The Bertz CT molecular complexity index is 500. The van der Waals surface area contributed by atoms with Crippen LogP contribution in [0.15, 0.2) is 24.3 Å². The summed E-state index contributed by atoms with van der Waals surface area (Å²) in [6.07, 6.45) is 2.08. The summed E-state index contributed by atoms with van der Waals surface area (Å²) in [6, 6.07) is 7.88. The zero-order valence-corrected chi connectivity index (χ0v) is 13.2. The molecule has 2 N–H and O–H groups in total. The van der Waals surface area contributed by atoms with Gasteiger partial charge in [0.05, 0.1) is 12.4 Å². The molecule has 1 aromatic carbocycles. The van der Waals surface area contributed by atoms with Gasteiger partial charge in [0.1, 0.15) is 15.6 Å². The molecule has 1 aromatic rings. The standard InChI is InChI=1S/C15H25NO3S/c1-3-20(17,18)11-5-7-14(16)9-10-19-15-8-4-6-13(2)12-15/h4,6,8,12,14H,3,5,7,9-11,16H2,1-2H3. The Morgan fingerprint density at radius 1 is 1.30 bits per heavy atom. The number of rotatable bonds is 9. The van der Waals surface area contributed by atoms with Gasteiger partial charge in [-0.2, -0.15) is 0 Å². The van der Waals surface area contributed by atoms with Gasteiger partial charge in [-0.25, -0.2) is 8.42 Å². The topological polar surface area (TPSA) is 69.4 Å². The molecule has 1 rings (SSSR count). The second-order valence-electron chi connectivity index (χ2n) is 5.09. The largest absolute Gasteiger partial charge is 0.494 e. The molecular formula is C15H25NO3S. The number of hydrogen-bond donors (Lipinski definition) is 1. The van der Waals surface area contributed by atoms with Crippen LogP contribution in [0.1, 0.15) is 31.7 Å². The predicted molar refractivity (Wildman–Crippen MR) is 82.8 cm³/mol. The van der Waals surface area contributed by atoms with Crippen LogP contribution in [0.2, 0.25) is 0 Å². The van der Waals surface area contributed by atoms with E-state index in [-0.39, 0.29) is 17.5 Å². The van der Waals surface area contributed by atoms with E-state index in [0.717, 1.165) is 24.2 Å². The van der Waals surface area contributed by atoms with Crippen LogP contribution in [-0.2, 0) is 9.84 Å². The molecule has 0 bridgehead atoms. The van der Waals surface area contributed by atoms with Crippen molar-refractivity contribution in [3.63, 3.8) is 0 Å². The lowest BCUT2D eigenvalue weighted by atomic mass is 10.1. The zero-order valence-electron chi connectivity index (χ0n) is 12.3. The fourth-order valence-electron chi connectivity index (χ4n) is 1.89. The molecule has 0 radical (unpaired) electrons. The highest BCUT2D eigenvalue weighted by molar-refractivity contribution is 7.91. The molecule has 114 valence electrons. The molecule has 4 nitrogen and oxygen atoms in total. The van der Waals surface area contributed by atoms with Gasteiger partial charge in [-0.05, 0) is 43.9 Å². The first-order valence-corrected chi connectivity index (χ1v) is 8.90. The van der Waals surface area contributed by atoms with Crippen LogP contribution in [-0.4, -0.2) is 32.6 Å². The highest BCUT2D eigenvalue weighted by Gasteiger charge is 2.09. The minimum Gasteiger partial charge on any atom is -0.494 e. The molecule has 5 heteroatoms. The molecule has 0 heterocycles. The van der Waals surface area contributed by atoms with Crippen LogP contribution < -0.4 is 10.5 Å². The first-order chi connectivity index (χ1) is 9.43. The molecule has 0 spiro atoms. The Kier molecular flexibility index (Phi) is 7.02. The van der Waals surface area contributed by atoms with Crippen molar-refractivity contribution in [3.05, 3.63) is 29.8 Å². The van der Waals surface area contributed by atoms with E-state index in [1.807, 2.05) is 31.2 Å². The van der Waals surface area contributed by atoms with E-state index < -0.39 is 9.84 Å². The van der Waals surface area contributed by atoms with Gasteiger partial charge in [0.25, 0.3) is 0 Å². The van der Waals surface area contributed by atoms with Gasteiger partial charge in [0.2, 0.25) is 0 Å². The lowest BCUT2D eigenvalue weighted by Crippen LogP contribution is -2.24. The van der Waals surface area contributed by atoms with E-state index in [1.165, 1.54) is 0 Å². The van der Waals surface area contributed by atoms with Crippen molar-refractivity contribution in [2.75, 3.05) is 18.1 Å².